The van der Waals surface area contributed by atoms with Crippen molar-refractivity contribution in [3.63, 3.8) is 0 Å². The topological polar surface area (TPSA) is 43.8 Å². The minimum atomic E-state index is -0.117. The number of nitrogens with two attached hydrogens (primary N) is 1. The van der Waals surface area contributed by atoms with E-state index < -0.39 is 0 Å². The maximum absolute atomic E-state index is 5.83. The van der Waals surface area contributed by atoms with Gasteiger partial charge in [0, 0.05) is 12.1 Å². The predicted molar refractivity (Wildman–Crippen MR) is 70.8 cm³/mol. The molecule has 0 radical (unpaired) electrons. The lowest BCUT2D eigenvalue weighted by Crippen LogP contribution is -2.34. The average molecular weight is 229 g/mol. The summed E-state index contributed by atoms with van der Waals surface area (Å²) in [5.74, 6) is 0. The molecule has 0 spiro atoms. The van der Waals surface area contributed by atoms with Gasteiger partial charge in [-0.15, -0.1) is 0 Å². The lowest BCUT2D eigenvalue weighted by Gasteiger charge is -2.27. The van der Waals surface area contributed by atoms with Crippen LogP contribution in [0.15, 0.2) is 36.8 Å². The second kappa shape index (κ2) is 4.34. The van der Waals surface area contributed by atoms with E-state index in [-0.39, 0.29) is 5.54 Å². The average Bonchev–Trinajstić information content (AvgIpc) is 2.79. The van der Waals surface area contributed by atoms with Crippen molar-refractivity contribution < 1.29 is 0 Å². The first-order chi connectivity index (χ1) is 8.06. The van der Waals surface area contributed by atoms with Crippen LogP contribution >= 0.6 is 0 Å². The molecule has 0 atom stereocenters. The molecule has 1 aromatic heterocycles. The molecule has 2 N–H and O–H groups in total. The van der Waals surface area contributed by atoms with Crippen molar-refractivity contribution >= 4 is 0 Å². The van der Waals surface area contributed by atoms with E-state index in [2.05, 4.69) is 48.5 Å². The lowest BCUT2D eigenvalue weighted by atomic mass is 10.0. The van der Waals surface area contributed by atoms with E-state index in [9.17, 15) is 0 Å². The molecule has 2 rings (SSSR count). The lowest BCUT2D eigenvalue weighted by molar-refractivity contribution is 0.370. The smallest absolute Gasteiger partial charge is 0.0956 e. The number of rotatable bonds is 3. The van der Waals surface area contributed by atoms with Gasteiger partial charge >= 0.3 is 0 Å². The zero-order valence-corrected chi connectivity index (χ0v) is 10.6. The first-order valence-electron chi connectivity index (χ1n) is 5.85. The summed E-state index contributed by atoms with van der Waals surface area (Å²) in [7, 11) is 0. The molecule has 0 unspecified atom stereocenters. The molecular formula is C14H19N3. The molecule has 17 heavy (non-hydrogen) atoms. The summed E-state index contributed by atoms with van der Waals surface area (Å²) < 4.78 is 2.15. The van der Waals surface area contributed by atoms with E-state index >= 15 is 0 Å². The molecule has 3 heteroatoms. The van der Waals surface area contributed by atoms with Crippen LogP contribution in [0.5, 0.6) is 0 Å². The number of aryl methyl sites for hydroxylation is 1. The number of hydrogen-bond acceptors (Lipinski definition) is 2. The van der Waals surface area contributed by atoms with Crippen molar-refractivity contribution in [1.82, 2.24) is 9.55 Å². The van der Waals surface area contributed by atoms with Crippen LogP contribution in [0.2, 0.25) is 0 Å². The van der Waals surface area contributed by atoms with E-state index in [1.165, 1.54) is 11.1 Å². The summed E-state index contributed by atoms with van der Waals surface area (Å²) >= 11 is 0. The van der Waals surface area contributed by atoms with E-state index in [4.69, 9.17) is 5.73 Å². The minimum absolute atomic E-state index is 0.117. The van der Waals surface area contributed by atoms with Crippen LogP contribution < -0.4 is 5.73 Å². The molecule has 0 fully saturated rings. The van der Waals surface area contributed by atoms with E-state index in [0.29, 0.717) is 6.54 Å². The molecular weight excluding hydrogens is 210 g/mol. The second-order valence-electron chi connectivity index (χ2n) is 4.98. The molecule has 0 bridgehead atoms. The number of benzene rings is 1. The Bertz CT molecular complexity index is 512. The number of nitrogens with zero attached hydrogens (tertiary/aromatic N) is 2. The SMILES string of the molecule is Cc1ccccc1-c1cncn1C(C)(C)CN. The third kappa shape index (κ3) is 2.11. The van der Waals surface area contributed by atoms with E-state index in [1.54, 1.807) is 0 Å². The third-order valence-electron chi connectivity index (χ3n) is 3.21. The van der Waals surface area contributed by atoms with Crippen LogP contribution in [0.3, 0.4) is 0 Å². The molecule has 90 valence electrons. The van der Waals surface area contributed by atoms with Crippen LogP contribution in [-0.4, -0.2) is 16.1 Å². The Hall–Kier alpha value is -1.61. The van der Waals surface area contributed by atoms with Crippen molar-refractivity contribution in [3.05, 3.63) is 42.4 Å². The van der Waals surface area contributed by atoms with Crippen molar-refractivity contribution in [2.75, 3.05) is 6.54 Å². The number of hydrogen-bond donors (Lipinski definition) is 1. The highest BCUT2D eigenvalue weighted by atomic mass is 15.1. The maximum atomic E-state index is 5.83. The Morgan fingerprint density at radius 1 is 1.29 bits per heavy atom. The van der Waals surface area contributed by atoms with Gasteiger partial charge in [-0.1, -0.05) is 24.3 Å². The largest absolute Gasteiger partial charge is 0.328 e. The summed E-state index contributed by atoms with van der Waals surface area (Å²) in [4.78, 5) is 4.26. The van der Waals surface area contributed by atoms with Crippen LogP contribution in [-0.2, 0) is 5.54 Å². The van der Waals surface area contributed by atoms with Crippen LogP contribution in [0.25, 0.3) is 11.3 Å². The van der Waals surface area contributed by atoms with E-state index in [0.717, 1.165) is 5.69 Å². The summed E-state index contributed by atoms with van der Waals surface area (Å²) in [6.45, 7) is 6.94. The normalized spacial score (nSPS) is 11.8. The highest BCUT2D eigenvalue weighted by molar-refractivity contribution is 5.63. The standard InChI is InChI=1S/C14H19N3/c1-11-6-4-5-7-12(11)13-8-16-10-17(13)14(2,3)9-15/h4-8,10H,9,15H2,1-3H3. The monoisotopic (exact) mass is 229 g/mol. The number of imidazole rings is 1. The Morgan fingerprint density at radius 2 is 2.00 bits per heavy atom. The van der Waals surface area contributed by atoms with Gasteiger partial charge < -0.3 is 10.3 Å². The maximum Gasteiger partial charge on any atom is 0.0956 e. The minimum Gasteiger partial charge on any atom is -0.328 e. The molecule has 0 aliphatic carbocycles. The summed E-state index contributed by atoms with van der Waals surface area (Å²) in [5.41, 5.74) is 9.31. The van der Waals surface area contributed by atoms with Crippen molar-refractivity contribution in [2.24, 2.45) is 5.73 Å². The second-order valence-corrected chi connectivity index (χ2v) is 4.98. The quantitative estimate of drug-likeness (QED) is 0.879. The van der Waals surface area contributed by atoms with Gasteiger partial charge in [-0.3, -0.25) is 0 Å². The van der Waals surface area contributed by atoms with Crippen molar-refractivity contribution in [3.8, 4) is 11.3 Å². The van der Waals surface area contributed by atoms with Gasteiger partial charge in [0.1, 0.15) is 0 Å². The summed E-state index contributed by atoms with van der Waals surface area (Å²) in [6, 6.07) is 8.33. The Labute approximate surface area is 102 Å². The fraction of sp³-hybridized carbons (Fsp3) is 0.357. The van der Waals surface area contributed by atoms with Gasteiger partial charge in [0.05, 0.1) is 23.8 Å². The molecule has 3 nitrogen and oxygen atoms in total. The summed E-state index contributed by atoms with van der Waals surface area (Å²) in [6.07, 6.45) is 3.76. The Kier molecular flexibility index (Phi) is 3.03. The zero-order chi connectivity index (χ0) is 12.5. The van der Waals surface area contributed by atoms with Gasteiger partial charge in [-0.25, -0.2) is 4.98 Å². The predicted octanol–water partition coefficient (Wildman–Crippen LogP) is 2.55. The fourth-order valence-corrected chi connectivity index (χ4v) is 1.94. The van der Waals surface area contributed by atoms with Crippen molar-refractivity contribution in [2.45, 2.75) is 26.3 Å². The first-order valence-corrected chi connectivity index (χ1v) is 5.85. The van der Waals surface area contributed by atoms with Crippen LogP contribution in [0, 0.1) is 6.92 Å². The van der Waals surface area contributed by atoms with Crippen molar-refractivity contribution in [1.29, 1.82) is 0 Å². The number of aromatic nitrogens is 2. The third-order valence-corrected chi connectivity index (χ3v) is 3.21. The van der Waals surface area contributed by atoms with Crippen LogP contribution in [0.4, 0.5) is 0 Å². The molecule has 0 amide bonds. The van der Waals surface area contributed by atoms with E-state index in [1.807, 2.05) is 18.6 Å². The molecule has 0 aliphatic rings. The summed E-state index contributed by atoms with van der Waals surface area (Å²) in [5, 5.41) is 0. The molecule has 0 saturated carbocycles. The molecule has 1 heterocycles. The van der Waals surface area contributed by atoms with Gasteiger partial charge in [0.25, 0.3) is 0 Å². The molecule has 0 saturated heterocycles. The fourth-order valence-electron chi connectivity index (χ4n) is 1.94. The zero-order valence-electron chi connectivity index (χ0n) is 10.6. The Balaban J connectivity index is 2.56. The highest BCUT2D eigenvalue weighted by Crippen LogP contribution is 2.27. The Morgan fingerprint density at radius 3 is 2.65 bits per heavy atom. The molecule has 2 aromatic rings. The van der Waals surface area contributed by atoms with Gasteiger partial charge in [-0.05, 0) is 26.3 Å². The molecule has 1 aromatic carbocycles. The molecule has 0 aliphatic heterocycles. The van der Waals surface area contributed by atoms with Gasteiger partial charge in [-0.2, -0.15) is 0 Å². The highest BCUT2D eigenvalue weighted by Gasteiger charge is 2.21. The van der Waals surface area contributed by atoms with Crippen LogP contribution in [0.1, 0.15) is 19.4 Å². The van der Waals surface area contributed by atoms with Gasteiger partial charge in [0.2, 0.25) is 0 Å². The first kappa shape index (κ1) is 11.9. The van der Waals surface area contributed by atoms with Gasteiger partial charge in [0.15, 0.2) is 0 Å².